The summed E-state index contributed by atoms with van der Waals surface area (Å²) >= 11 is 3.56. The van der Waals surface area contributed by atoms with Crippen molar-refractivity contribution in [2.45, 2.75) is 45.7 Å². The van der Waals surface area contributed by atoms with Crippen molar-refractivity contribution in [1.82, 2.24) is 4.90 Å². The molecule has 2 saturated heterocycles. The second-order valence-corrected chi connectivity index (χ2v) is 6.84. The highest BCUT2D eigenvalue weighted by atomic mass is 79.9. The van der Waals surface area contributed by atoms with E-state index in [2.05, 4.69) is 15.9 Å². The first-order valence-electron chi connectivity index (χ1n) is 7.32. The van der Waals surface area contributed by atoms with E-state index in [-0.39, 0.29) is 17.9 Å². The highest BCUT2D eigenvalue weighted by molar-refractivity contribution is 9.10. The van der Waals surface area contributed by atoms with E-state index in [1.165, 1.54) is 0 Å². The van der Waals surface area contributed by atoms with Crippen LogP contribution in [0.5, 0.6) is 0 Å². The summed E-state index contributed by atoms with van der Waals surface area (Å²) in [5.74, 6) is 0.108. The number of hydrogen-bond acceptors (Lipinski definition) is 2. The van der Waals surface area contributed by atoms with E-state index in [9.17, 15) is 9.59 Å². The molecule has 3 rings (SSSR count). The molecule has 2 aliphatic heterocycles. The number of nitrogens with zero attached hydrogens (tertiary/aromatic N) is 2. The van der Waals surface area contributed by atoms with E-state index in [0.717, 1.165) is 34.1 Å². The first-order chi connectivity index (χ1) is 9.91. The van der Waals surface area contributed by atoms with E-state index < -0.39 is 6.04 Å². The van der Waals surface area contributed by atoms with Crippen molar-refractivity contribution in [3.8, 4) is 0 Å². The van der Waals surface area contributed by atoms with Crippen molar-refractivity contribution in [1.29, 1.82) is 0 Å². The smallest absolute Gasteiger partial charge is 0.250 e. The number of halogens is 1. The fraction of sp³-hybridized carbons (Fsp3) is 0.500. The summed E-state index contributed by atoms with van der Waals surface area (Å²) < 4.78 is 0.874. The maximum absolute atomic E-state index is 12.9. The van der Waals surface area contributed by atoms with Gasteiger partial charge in [0.2, 0.25) is 5.91 Å². The number of fused-ring (bicyclic) bond motifs is 1. The van der Waals surface area contributed by atoms with E-state index in [4.69, 9.17) is 0 Å². The van der Waals surface area contributed by atoms with Gasteiger partial charge in [-0.3, -0.25) is 14.5 Å². The third kappa shape index (κ3) is 2.18. The molecule has 1 aromatic rings. The number of carbonyl (C=O) groups excluding carboxylic acids is 2. The minimum absolute atomic E-state index is 0.0484. The predicted molar refractivity (Wildman–Crippen MR) is 85.3 cm³/mol. The number of rotatable bonds is 1. The van der Waals surface area contributed by atoms with Crippen molar-refractivity contribution in [2.75, 3.05) is 11.4 Å². The SMILES string of the molecule is Cc1cc(C)c(N2C(=O)C3CCCN3C(=O)C2C)c(Br)c1. The van der Waals surface area contributed by atoms with E-state index in [1.54, 1.807) is 9.80 Å². The van der Waals surface area contributed by atoms with E-state index >= 15 is 0 Å². The van der Waals surface area contributed by atoms with Crippen LogP contribution >= 0.6 is 15.9 Å². The lowest BCUT2D eigenvalue weighted by Crippen LogP contribution is -2.62. The quantitative estimate of drug-likeness (QED) is 0.781. The molecule has 0 aliphatic carbocycles. The standard InChI is InChI=1S/C16H19BrN2O2/c1-9-7-10(2)14(12(17)8-9)19-11(3)15(20)18-6-4-5-13(18)16(19)21/h7-8,11,13H,4-6H2,1-3H3. The first kappa shape index (κ1) is 14.6. The van der Waals surface area contributed by atoms with Crippen LogP contribution in [0.2, 0.25) is 0 Å². The molecule has 0 spiro atoms. The van der Waals surface area contributed by atoms with Crippen LogP contribution < -0.4 is 4.90 Å². The van der Waals surface area contributed by atoms with E-state index in [0.29, 0.717) is 6.54 Å². The summed E-state index contributed by atoms with van der Waals surface area (Å²) in [6, 6.07) is 3.32. The molecule has 0 aromatic heterocycles. The number of aryl methyl sites for hydroxylation is 2. The van der Waals surface area contributed by atoms with Crippen LogP contribution in [0, 0.1) is 13.8 Å². The summed E-state index contributed by atoms with van der Waals surface area (Å²) in [5, 5.41) is 0. The summed E-state index contributed by atoms with van der Waals surface area (Å²) in [5.41, 5.74) is 2.98. The fourth-order valence-corrected chi connectivity index (χ4v) is 4.37. The topological polar surface area (TPSA) is 40.6 Å². The Hall–Kier alpha value is -1.36. The molecular formula is C16H19BrN2O2. The van der Waals surface area contributed by atoms with Gasteiger partial charge < -0.3 is 4.90 Å². The average Bonchev–Trinajstić information content (AvgIpc) is 2.88. The molecule has 0 N–H and O–H groups in total. The van der Waals surface area contributed by atoms with Crippen LogP contribution in [0.1, 0.15) is 30.9 Å². The van der Waals surface area contributed by atoms with Gasteiger partial charge in [-0.2, -0.15) is 0 Å². The van der Waals surface area contributed by atoms with Crippen molar-refractivity contribution in [3.05, 3.63) is 27.7 Å². The number of carbonyl (C=O) groups is 2. The van der Waals surface area contributed by atoms with Crippen LogP contribution in [0.15, 0.2) is 16.6 Å². The molecule has 21 heavy (non-hydrogen) atoms. The Kier molecular flexibility index (Phi) is 3.56. The summed E-state index contributed by atoms with van der Waals surface area (Å²) in [6.07, 6.45) is 1.69. The second-order valence-electron chi connectivity index (χ2n) is 5.99. The van der Waals surface area contributed by atoms with Crippen LogP contribution in [0.25, 0.3) is 0 Å². The number of amides is 2. The van der Waals surface area contributed by atoms with Gasteiger partial charge in [0.1, 0.15) is 12.1 Å². The van der Waals surface area contributed by atoms with Gasteiger partial charge in [-0.1, -0.05) is 6.07 Å². The minimum Gasteiger partial charge on any atom is -0.329 e. The van der Waals surface area contributed by atoms with Gasteiger partial charge in [-0.05, 0) is 66.7 Å². The minimum atomic E-state index is -0.440. The fourth-order valence-electron chi connectivity index (χ4n) is 3.51. The second kappa shape index (κ2) is 5.13. The number of anilines is 1. The number of piperazine rings is 1. The lowest BCUT2D eigenvalue weighted by molar-refractivity contribution is -0.143. The highest BCUT2D eigenvalue weighted by Crippen LogP contribution is 2.37. The normalized spacial score (nSPS) is 25.5. The van der Waals surface area contributed by atoms with Crippen LogP contribution in [0.3, 0.4) is 0 Å². The van der Waals surface area contributed by atoms with Crippen molar-refractivity contribution in [2.24, 2.45) is 0 Å². The summed E-state index contributed by atoms with van der Waals surface area (Å²) in [7, 11) is 0. The molecule has 4 nitrogen and oxygen atoms in total. The molecule has 0 saturated carbocycles. The van der Waals surface area contributed by atoms with Gasteiger partial charge >= 0.3 is 0 Å². The van der Waals surface area contributed by atoms with Gasteiger partial charge in [-0.25, -0.2) is 0 Å². The first-order valence-corrected chi connectivity index (χ1v) is 8.11. The monoisotopic (exact) mass is 350 g/mol. The summed E-state index contributed by atoms with van der Waals surface area (Å²) in [6.45, 7) is 6.54. The molecule has 0 bridgehead atoms. The van der Waals surface area contributed by atoms with Gasteiger partial charge in [0.05, 0.1) is 5.69 Å². The number of benzene rings is 1. The molecule has 2 amide bonds. The van der Waals surface area contributed by atoms with Crippen molar-refractivity contribution >= 4 is 33.4 Å². The maximum Gasteiger partial charge on any atom is 0.250 e. The molecular weight excluding hydrogens is 332 g/mol. The lowest BCUT2D eigenvalue weighted by atomic mass is 10.0. The lowest BCUT2D eigenvalue weighted by Gasteiger charge is -2.41. The maximum atomic E-state index is 12.9. The van der Waals surface area contributed by atoms with E-state index in [1.807, 2.05) is 32.9 Å². The Morgan fingerprint density at radius 1 is 1.19 bits per heavy atom. The van der Waals surface area contributed by atoms with Crippen molar-refractivity contribution < 1.29 is 9.59 Å². The average molecular weight is 351 g/mol. The largest absolute Gasteiger partial charge is 0.329 e. The molecule has 0 radical (unpaired) electrons. The Morgan fingerprint density at radius 2 is 1.90 bits per heavy atom. The highest BCUT2D eigenvalue weighted by Gasteiger charge is 2.47. The third-order valence-electron chi connectivity index (χ3n) is 4.44. The molecule has 2 unspecified atom stereocenters. The van der Waals surface area contributed by atoms with Crippen LogP contribution in [0.4, 0.5) is 5.69 Å². The van der Waals surface area contributed by atoms with Gasteiger partial charge in [-0.15, -0.1) is 0 Å². The number of hydrogen-bond donors (Lipinski definition) is 0. The predicted octanol–water partition coefficient (Wildman–Crippen LogP) is 2.79. The molecule has 2 aliphatic rings. The van der Waals surface area contributed by atoms with Crippen LogP contribution in [-0.2, 0) is 9.59 Å². The summed E-state index contributed by atoms with van der Waals surface area (Å²) in [4.78, 5) is 28.8. The third-order valence-corrected chi connectivity index (χ3v) is 5.05. The molecule has 5 heteroatoms. The zero-order valence-corrected chi connectivity index (χ0v) is 14.1. The zero-order chi connectivity index (χ0) is 15.3. The molecule has 1 aromatic carbocycles. The van der Waals surface area contributed by atoms with Crippen LogP contribution in [-0.4, -0.2) is 35.3 Å². The Balaban J connectivity index is 2.09. The molecule has 2 atom stereocenters. The Labute approximate surface area is 133 Å². The molecule has 2 heterocycles. The molecule has 112 valence electrons. The van der Waals surface area contributed by atoms with Gasteiger partial charge in [0, 0.05) is 11.0 Å². The Bertz CT molecular complexity index is 606. The zero-order valence-electron chi connectivity index (χ0n) is 12.5. The van der Waals surface area contributed by atoms with Gasteiger partial charge in [0.25, 0.3) is 5.91 Å². The van der Waals surface area contributed by atoms with Gasteiger partial charge in [0.15, 0.2) is 0 Å². The van der Waals surface area contributed by atoms with Crippen molar-refractivity contribution in [3.63, 3.8) is 0 Å². The Morgan fingerprint density at radius 3 is 2.57 bits per heavy atom. The molecule has 2 fully saturated rings.